The van der Waals surface area contributed by atoms with E-state index in [0.29, 0.717) is 29.7 Å². The number of nitriles is 1. The average molecular weight is 384 g/mol. The van der Waals surface area contributed by atoms with Crippen molar-refractivity contribution in [1.82, 2.24) is 19.2 Å². The van der Waals surface area contributed by atoms with Crippen molar-refractivity contribution in [3.63, 3.8) is 0 Å². The molecule has 0 amide bonds. The van der Waals surface area contributed by atoms with Gasteiger partial charge in [-0.1, -0.05) is 0 Å². The highest BCUT2D eigenvalue weighted by Gasteiger charge is 2.27. The first-order valence-corrected chi connectivity index (χ1v) is 9.59. The number of fused-ring (bicyclic) bond motifs is 1. The fourth-order valence-electron chi connectivity index (χ4n) is 3.60. The molecule has 7 nitrogen and oxygen atoms in total. The lowest BCUT2D eigenvalue weighted by molar-refractivity contribution is 0.432. The molecule has 1 aliphatic rings. The minimum absolute atomic E-state index is 0.419. The largest absolute Gasteiger partial charge is 0.439 e. The average Bonchev–Trinajstić information content (AvgIpc) is 3.36. The second-order valence-electron chi connectivity index (χ2n) is 7.29. The summed E-state index contributed by atoms with van der Waals surface area (Å²) in [4.78, 5) is 4.52. The second kappa shape index (κ2) is 6.76. The lowest BCUT2D eigenvalue weighted by atomic mass is 10.0. The molecule has 1 fully saturated rings. The molecule has 3 aromatic heterocycles. The van der Waals surface area contributed by atoms with Gasteiger partial charge in [0, 0.05) is 54.8 Å². The molecule has 4 aromatic rings. The number of nitrogens with two attached hydrogens (primary N) is 1. The van der Waals surface area contributed by atoms with Gasteiger partial charge in [0.1, 0.15) is 11.4 Å². The minimum atomic E-state index is 0.419. The number of nitrogens with zero attached hydrogens (tertiary/aromatic N) is 5. The third kappa shape index (κ3) is 3.04. The Bertz CT molecular complexity index is 1260. The highest BCUT2D eigenvalue weighted by Crippen LogP contribution is 2.42. The molecule has 0 saturated heterocycles. The van der Waals surface area contributed by atoms with E-state index in [0.717, 1.165) is 28.2 Å². The van der Waals surface area contributed by atoms with Gasteiger partial charge in [0.15, 0.2) is 0 Å². The SMILES string of the molecule is Cn1nc(C2CC2)cc1Oc1cc(C#N)ccc1-c1ccc(CN)n2ccnc12. The third-order valence-corrected chi connectivity index (χ3v) is 5.31. The number of hydrogen-bond acceptors (Lipinski definition) is 5. The first-order chi connectivity index (χ1) is 14.2. The number of hydrogen-bond donors (Lipinski definition) is 1. The summed E-state index contributed by atoms with van der Waals surface area (Å²) in [5.41, 5.74) is 11.0. The highest BCUT2D eigenvalue weighted by atomic mass is 16.5. The van der Waals surface area contributed by atoms with Gasteiger partial charge in [-0.2, -0.15) is 10.4 Å². The van der Waals surface area contributed by atoms with Crippen LogP contribution >= 0.6 is 0 Å². The summed E-state index contributed by atoms with van der Waals surface area (Å²) >= 11 is 0. The summed E-state index contributed by atoms with van der Waals surface area (Å²) in [5.74, 6) is 1.79. The minimum Gasteiger partial charge on any atom is -0.439 e. The van der Waals surface area contributed by atoms with Gasteiger partial charge in [0.2, 0.25) is 5.88 Å². The standard InChI is InChI=1S/C22H20N6O/c1-27-21(11-19(26-27)15-3-4-15)29-20-10-14(12-23)2-6-17(20)18-7-5-16(13-24)28-9-8-25-22(18)28/h2,5-11,15H,3-4,13,24H2,1H3. The van der Waals surface area contributed by atoms with E-state index < -0.39 is 0 Å². The van der Waals surface area contributed by atoms with Crippen molar-refractivity contribution in [2.75, 3.05) is 0 Å². The van der Waals surface area contributed by atoms with Gasteiger partial charge >= 0.3 is 0 Å². The first-order valence-electron chi connectivity index (χ1n) is 9.59. The predicted molar refractivity (Wildman–Crippen MR) is 108 cm³/mol. The van der Waals surface area contributed by atoms with Crippen LogP contribution in [-0.4, -0.2) is 19.2 Å². The van der Waals surface area contributed by atoms with Gasteiger partial charge in [-0.3, -0.25) is 0 Å². The Hall–Kier alpha value is -3.63. The highest BCUT2D eigenvalue weighted by molar-refractivity contribution is 5.82. The summed E-state index contributed by atoms with van der Waals surface area (Å²) < 4.78 is 9.99. The molecule has 0 radical (unpaired) electrons. The molecule has 144 valence electrons. The molecule has 0 atom stereocenters. The molecule has 3 heterocycles. The van der Waals surface area contributed by atoms with Gasteiger partial charge in [0.25, 0.3) is 0 Å². The van der Waals surface area contributed by atoms with E-state index >= 15 is 0 Å². The molecular weight excluding hydrogens is 364 g/mol. The van der Waals surface area contributed by atoms with Crippen molar-refractivity contribution >= 4 is 5.65 Å². The topological polar surface area (TPSA) is 94.2 Å². The normalized spacial score (nSPS) is 13.6. The Morgan fingerprint density at radius 1 is 1.21 bits per heavy atom. The Balaban J connectivity index is 1.63. The quantitative estimate of drug-likeness (QED) is 0.566. The maximum atomic E-state index is 9.38. The van der Waals surface area contributed by atoms with Gasteiger partial charge in [-0.15, -0.1) is 0 Å². The third-order valence-electron chi connectivity index (χ3n) is 5.31. The maximum Gasteiger partial charge on any atom is 0.217 e. The van der Waals surface area contributed by atoms with Crippen molar-refractivity contribution in [3.05, 3.63) is 65.7 Å². The van der Waals surface area contributed by atoms with E-state index in [1.165, 1.54) is 12.8 Å². The summed E-state index contributed by atoms with van der Waals surface area (Å²) in [5, 5.41) is 14.0. The molecule has 0 spiro atoms. The van der Waals surface area contributed by atoms with E-state index in [9.17, 15) is 5.26 Å². The van der Waals surface area contributed by atoms with Gasteiger partial charge < -0.3 is 14.9 Å². The number of imidazole rings is 1. The van der Waals surface area contributed by atoms with E-state index in [4.69, 9.17) is 10.5 Å². The van der Waals surface area contributed by atoms with Crippen molar-refractivity contribution < 1.29 is 4.74 Å². The van der Waals surface area contributed by atoms with Crippen molar-refractivity contribution in [3.8, 4) is 28.8 Å². The fourth-order valence-corrected chi connectivity index (χ4v) is 3.60. The monoisotopic (exact) mass is 384 g/mol. The Morgan fingerprint density at radius 3 is 2.79 bits per heavy atom. The molecule has 1 aromatic carbocycles. The lowest BCUT2D eigenvalue weighted by Crippen LogP contribution is -2.04. The zero-order valence-electron chi connectivity index (χ0n) is 16.0. The molecule has 0 aliphatic heterocycles. The number of rotatable bonds is 5. The van der Waals surface area contributed by atoms with Crippen LogP contribution in [0.5, 0.6) is 11.6 Å². The van der Waals surface area contributed by atoms with Crippen LogP contribution in [0.3, 0.4) is 0 Å². The maximum absolute atomic E-state index is 9.38. The molecule has 0 unspecified atom stereocenters. The Morgan fingerprint density at radius 2 is 2.03 bits per heavy atom. The molecule has 0 bridgehead atoms. The van der Waals surface area contributed by atoms with Crippen LogP contribution in [0.1, 0.15) is 35.7 Å². The van der Waals surface area contributed by atoms with Crippen molar-refractivity contribution in [1.29, 1.82) is 5.26 Å². The number of aromatic nitrogens is 4. The summed E-state index contributed by atoms with van der Waals surface area (Å²) in [6.07, 6.45) is 6.01. The lowest BCUT2D eigenvalue weighted by Gasteiger charge is -2.13. The first kappa shape index (κ1) is 17.5. The molecular formula is C22H20N6O. The van der Waals surface area contributed by atoms with Crippen LogP contribution in [0.2, 0.25) is 0 Å². The fraction of sp³-hybridized carbons (Fsp3) is 0.227. The van der Waals surface area contributed by atoms with E-state index in [-0.39, 0.29) is 0 Å². The molecule has 1 saturated carbocycles. The second-order valence-corrected chi connectivity index (χ2v) is 7.29. The van der Waals surface area contributed by atoms with Crippen LogP contribution in [0.15, 0.2) is 48.8 Å². The van der Waals surface area contributed by atoms with E-state index in [2.05, 4.69) is 16.2 Å². The van der Waals surface area contributed by atoms with E-state index in [1.54, 1.807) is 23.0 Å². The number of pyridine rings is 1. The van der Waals surface area contributed by atoms with Crippen molar-refractivity contribution in [2.24, 2.45) is 12.8 Å². The Kier molecular flexibility index (Phi) is 4.07. The predicted octanol–water partition coefficient (Wildman–Crippen LogP) is 3.73. The number of ether oxygens (including phenoxy) is 1. The molecule has 29 heavy (non-hydrogen) atoms. The molecule has 2 N–H and O–H groups in total. The van der Waals surface area contributed by atoms with Crippen LogP contribution in [0.4, 0.5) is 0 Å². The number of aryl methyl sites for hydroxylation is 1. The molecule has 5 rings (SSSR count). The molecule has 1 aliphatic carbocycles. The summed E-state index contributed by atoms with van der Waals surface area (Å²) in [7, 11) is 1.87. The van der Waals surface area contributed by atoms with Crippen LogP contribution in [0, 0.1) is 11.3 Å². The summed E-state index contributed by atoms with van der Waals surface area (Å²) in [6, 6.07) is 13.6. The van der Waals surface area contributed by atoms with Gasteiger partial charge in [-0.25, -0.2) is 9.67 Å². The van der Waals surface area contributed by atoms with Gasteiger partial charge in [-0.05, 0) is 43.2 Å². The van der Waals surface area contributed by atoms with Crippen LogP contribution in [-0.2, 0) is 13.6 Å². The van der Waals surface area contributed by atoms with Crippen LogP contribution in [0.25, 0.3) is 16.8 Å². The Labute approximate surface area is 168 Å². The summed E-state index contributed by atoms with van der Waals surface area (Å²) in [6.45, 7) is 0.419. The number of benzene rings is 1. The van der Waals surface area contributed by atoms with Crippen LogP contribution < -0.4 is 10.5 Å². The van der Waals surface area contributed by atoms with E-state index in [1.807, 2.05) is 41.9 Å². The zero-order chi connectivity index (χ0) is 20.0. The van der Waals surface area contributed by atoms with Crippen molar-refractivity contribution in [2.45, 2.75) is 25.3 Å². The zero-order valence-corrected chi connectivity index (χ0v) is 16.0. The van der Waals surface area contributed by atoms with Gasteiger partial charge in [0.05, 0.1) is 17.3 Å². The smallest absolute Gasteiger partial charge is 0.217 e. The molecule has 7 heteroatoms.